The Morgan fingerprint density at radius 2 is 1.75 bits per heavy atom. The molecule has 1 aliphatic heterocycles. The molecule has 1 aliphatic rings. The third-order valence-electron chi connectivity index (χ3n) is 4.70. The summed E-state index contributed by atoms with van der Waals surface area (Å²) in [7, 11) is -4.24. The molecule has 0 atom stereocenters. The molecule has 0 bridgehead atoms. The van der Waals surface area contributed by atoms with E-state index in [9.17, 15) is 8.42 Å². The second-order valence-corrected chi connectivity index (χ2v) is 8.85. The number of hydrogen-bond acceptors (Lipinski definition) is 5. The molecule has 0 spiro atoms. The fraction of sp³-hybridized carbons (Fsp3) is 0.625. The highest BCUT2D eigenvalue weighted by molar-refractivity contribution is 7.89. The van der Waals surface area contributed by atoms with Gasteiger partial charge in [-0.15, -0.1) is 0 Å². The first-order valence-corrected chi connectivity index (χ1v) is 9.55. The molecule has 1 heterocycles. The molecular formula is C16H26BNO5S. The molecular weight excluding hydrogens is 329 g/mol. The second kappa shape index (κ2) is 6.76. The van der Waals surface area contributed by atoms with E-state index in [2.05, 4.69) is 4.72 Å². The van der Waals surface area contributed by atoms with Crippen molar-refractivity contribution in [1.29, 1.82) is 0 Å². The van der Waals surface area contributed by atoms with Crippen LogP contribution in [0.25, 0.3) is 0 Å². The maximum Gasteiger partial charge on any atom is 0.495 e. The van der Waals surface area contributed by atoms with E-state index >= 15 is 0 Å². The topological polar surface area (TPSA) is 84.9 Å². The van der Waals surface area contributed by atoms with Gasteiger partial charge in [-0.05, 0) is 58.6 Å². The summed E-state index contributed by atoms with van der Waals surface area (Å²) < 4.78 is 39.3. The molecule has 2 rings (SSSR count). The van der Waals surface area contributed by atoms with Crippen LogP contribution in [-0.2, 0) is 19.3 Å². The van der Waals surface area contributed by atoms with Crippen LogP contribution in [-0.4, -0.2) is 45.0 Å². The summed E-state index contributed by atoms with van der Waals surface area (Å²) >= 11 is 0. The Hall–Kier alpha value is -0.925. The van der Waals surface area contributed by atoms with Crippen LogP contribution in [0.4, 0.5) is 0 Å². The fourth-order valence-electron chi connectivity index (χ4n) is 2.38. The number of aliphatic hydroxyl groups excluding tert-OH is 1. The highest BCUT2D eigenvalue weighted by atomic mass is 32.2. The lowest BCUT2D eigenvalue weighted by atomic mass is 9.76. The normalized spacial score (nSPS) is 19.7. The minimum Gasteiger partial charge on any atom is -0.399 e. The number of rotatable bonds is 6. The fourth-order valence-corrected chi connectivity index (χ4v) is 3.49. The average molecular weight is 355 g/mol. The van der Waals surface area contributed by atoms with Gasteiger partial charge in [-0.2, -0.15) is 0 Å². The lowest BCUT2D eigenvalue weighted by molar-refractivity contribution is 0.00578. The third kappa shape index (κ3) is 3.83. The van der Waals surface area contributed by atoms with Crippen molar-refractivity contribution in [2.75, 3.05) is 13.2 Å². The van der Waals surface area contributed by atoms with Gasteiger partial charge in [-0.1, -0.05) is 11.6 Å². The van der Waals surface area contributed by atoms with E-state index in [1.165, 1.54) is 0 Å². The first-order valence-electron chi connectivity index (χ1n) is 8.07. The van der Waals surface area contributed by atoms with Crippen LogP contribution >= 0.6 is 0 Å². The van der Waals surface area contributed by atoms with Gasteiger partial charge in [0.25, 0.3) is 0 Å². The van der Waals surface area contributed by atoms with E-state index in [-0.39, 0.29) is 18.0 Å². The molecule has 24 heavy (non-hydrogen) atoms. The molecule has 0 radical (unpaired) electrons. The Morgan fingerprint density at radius 1 is 1.17 bits per heavy atom. The summed E-state index contributed by atoms with van der Waals surface area (Å²) in [4.78, 5) is 0.163. The molecule has 8 heteroatoms. The molecule has 0 amide bonds. The molecule has 134 valence electrons. The molecule has 1 aromatic rings. The molecule has 0 aromatic heterocycles. The first kappa shape index (κ1) is 19.4. The van der Waals surface area contributed by atoms with Crippen molar-refractivity contribution in [3.8, 4) is 0 Å². The summed E-state index contributed by atoms with van der Waals surface area (Å²) in [5, 5.41) is 8.79. The summed E-state index contributed by atoms with van der Waals surface area (Å²) in [6.07, 6.45) is 0.370. The molecule has 0 aliphatic carbocycles. The van der Waals surface area contributed by atoms with Crippen molar-refractivity contribution in [3.63, 3.8) is 0 Å². The Bertz CT molecular complexity index is 686. The largest absolute Gasteiger partial charge is 0.495 e. The maximum absolute atomic E-state index is 12.4. The zero-order valence-electron chi connectivity index (χ0n) is 14.9. The SMILES string of the molecule is Cc1ccc(S(=O)(=O)NCCCO)cc1B1OC(C)(C)C(C)(C)O1. The smallest absolute Gasteiger partial charge is 0.399 e. The van der Waals surface area contributed by atoms with Gasteiger partial charge in [0.1, 0.15) is 0 Å². The number of hydrogen-bond donors (Lipinski definition) is 2. The number of aliphatic hydroxyl groups is 1. The minimum atomic E-state index is -3.63. The minimum absolute atomic E-state index is 0.0599. The number of aryl methyl sites for hydroxylation is 1. The Balaban J connectivity index is 2.30. The Labute approximate surface area is 144 Å². The Morgan fingerprint density at radius 3 is 2.29 bits per heavy atom. The van der Waals surface area contributed by atoms with Gasteiger partial charge >= 0.3 is 7.12 Å². The molecule has 1 fully saturated rings. The molecule has 1 saturated heterocycles. The predicted octanol–water partition coefficient (Wildman–Crippen LogP) is 0.955. The van der Waals surface area contributed by atoms with Crippen molar-refractivity contribution in [3.05, 3.63) is 23.8 Å². The quantitative estimate of drug-likeness (QED) is 0.586. The maximum atomic E-state index is 12.4. The number of sulfonamides is 1. The van der Waals surface area contributed by atoms with Gasteiger partial charge in [0.15, 0.2) is 0 Å². The molecule has 2 N–H and O–H groups in total. The van der Waals surface area contributed by atoms with E-state index in [0.717, 1.165) is 5.56 Å². The monoisotopic (exact) mass is 355 g/mol. The van der Waals surface area contributed by atoms with Gasteiger partial charge in [-0.25, -0.2) is 13.1 Å². The average Bonchev–Trinajstić information content (AvgIpc) is 2.67. The van der Waals surface area contributed by atoms with Crippen molar-refractivity contribution >= 4 is 22.6 Å². The molecule has 0 unspecified atom stereocenters. The lowest BCUT2D eigenvalue weighted by Crippen LogP contribution is -2.41. The van der Waals surface area contributed by atoms with Crippen LogP contribution < -0.4 is 10.2 Å². The van der Waals surface area contributed by atoms with Crippen molar-refractivity contribution in [2.45, 2.75) is 57.1 Å². The van der Waals surface area contributed by atoms with Crippen LogP contribution in [0.5, 0.6) is 0 Å². The highest BCUT2D eigenvalue weighted by Gasteiger charge is 2.52. The van der Waals surface area contributed by atoms with E-state index in [1.807, 2.05) is 34.6 Å². The Kier molecular flexibility index (Phi) is 5.47. The van der Waals surface area contributed by atoms with Crippen molar-refractivity contribution < 1.29 is 22.8 Å². The summed E-state index contributed by atoms with van der Waals surface area (Å²) in [6.45, 7) is 9.86. The van der Waals surface area contributed by atoms with E-state index in [4.69, 9.17) is 14.4 Å². The highest BCUT2D eigenvalue weighted by Crippen LogP contribution is 2.36. The van der Waals surface area contributed by atoms with Crippen LogP contribution in [0.1, 0.15) is 39.7 Å². The first-order chi connectivity index (χ1) is 11.0. The molecule has 0 saturated carbocycles. The molecule has 1 aromatic carbocycles. The standard InChI is InChI=1S/C16H26BNO5S/c1-12-7-8-13(24(20,21)18-9-6-10-19)11-14(12)17-22-15(2,3)16(4,5)23-17/h7-8,11,18-19H,6,9-10H2,1-5H3. The van der Waals surface area contributed by atoms with Crippen LogP contribution in [0.3, 0.4) is 0 Å². The summed E-state index contributed by atoms with van der Waals surface area (Å²) in [6, 6.07) is 4.91. The lowest BCUT2D eigenvalue weighted by Gasteiger charge is -2.32. The molecule has 6 nitrogen and oxygen atoms in total. The zero-order valence-corrected chi connectivity index (χ0v) is 15.7. The van der Waals surface area contributed by atoms with E-state index in [0.29, 0.717) is 11.9 Å². The van der Waals surface area contributed by atoms with Crippen molar-refractivity contribution in [2.24, 2.45) is 0 Å². The van der Waals surface area contributed by atoms with Gasteiger partial charge in [-0.3, -0.25) is 0 Å². The van der Waals surface area contributed by atoms with Crippen LogP contribution in [0.2, 0.25) is 0 Å². The predicted molar refractivity (Wildman–Crippen MR) is 93.8 cm³/mol. The van der Waals surface area contributed by atoms with Crippen LogP contribution in [0, 0.1) is 6.92 Å². The zero-order chi connectivity index (χ0) is 18.2. The third-order valence-corrected chi connectivity index (χ3v) is 6.15. The van der Waals surface area contributed by atoms with E-state index in [1.54, 1.807) is 18.2 Å². The van der Waals surface area contributed by atoms with Crippen molar-refractivity contribution in [1.82, 2.24) is 4.72 Å². The van der Waals surface area contributed by atoms with Crippen LogP contribution in [0.15, 0.2) is 23.1 Å². The van der Waals surface area contributed by atoms with Gasteiger partial charge in [0.2, 0.25) is 10.0 Å². The second-order valence-electron chi connectivity index (χ2n) is 7.08. The number of benzene rings is 1. The van der Waals surface area contributed by atoms with E-state index < -0.39 is 28.3 Å². The van der Waals surface area contributed by atoms with Gasteiger partial charge in [0, 0.05) is 13.2 Å². The van der Waals surface area contributed by atoms with Gasteiger partial charge in [0.05, 0.1) is 16.1 Å². The van der Waals surface area contributed by atoms with Gasteiger partial charge < -0.3 is 14.4 Å². The summed E-state index contributed by atoms with van der Waals surface area (Å²) in [5.74, 6) is 0. The summed E-state index contributed by atoms with van der Waals surface area (Å²) in [5.41, 5.74) is 0.637. The number of nitrogens with one attached hydrogen (secondary N) is 1.